The lowest BCUT2D eigenvalue weighted by atomic mass is 9.85. The third kappa shape index (κ3) is 3.28. The Labute approximate surface area is 190 Å². The summed E-state index contributed by atoms with van der Waals surface area (Å²) in [5.74, 6) is 1.57. The van der Waals surface area contributed by atoms with Crippen LogP contribution in [0.1, 0.15) is 31.7 Å². The van der Waals surface area contributed by atoms with Crippen molar-refractivity contribution in [3.63, 3.8) is 0 Å². The predicted octanol–water partition coefficient (Wildman–Crippen LogP) is 3.77. The molecule has 1 aliphatic heterocycles. The molecule has 0 bridgehead atoms. The van der Waals surface area contributed by atoms with Crippen molar-refractivity contribution >= 4 is 61.2 Å². The molecule has 4 heterocycles. The lowest BCUT2D eigenvalue weighted by molar-refractivity contribution is -0.120. The quantitative estimate of drug-likeness (QED) is 0.432. The fourth-order valence-corrected chi connectivity index (χ4v) is 5.42. The van der Waals surface area contributed by atoms with Gasteiger partial charge in [-0.15, -0.1) is 0 Å². The summed E-state index contributed by atoms with van der Waals surface area (Å²) in [5.41, 5.74) is 7.87. The van der Waals surface area contributed by atoms with E-state index in [1.54, 1.807) is 6.33 Å². The number of rotatable bonds is 3. The number of hydrogen-bond acceptors (Lipinski definition) is 9. The molecule has 1 aliphatic carbocycles. The zero-order valence-corrected chi connectivity index (χ0v) is 18.3. The molecule has 0 unspecified atom stereocenters. The van der Waals surface area contributed by atoms with E-state index in [-0.39, 0.29) is 35.8 Å². The second-order valence-corrected chi connectivity index (χ2v) is 9.26. The number of nitrogens with two attached hydrogens (primary N) is 1. The third-order valence-electron chi connectivity index (χ3n) is 5.99. The number of hydrogen-bond donors (Lipinski definition) is 2. The van der Waals surface area contributed by atoms with Crippen molar-refractivity contribution in [3.8, 4) is 11.5 Å². The van der Waals surface area contributed by atoms with Crippen molar-refractivity contribution in [3.05, 3.63) is 23.7 Å². The van der Waals surface area contributed by atoms with Crippen molar-refractivity contribution in [2.24, 2.45) is 5.92 Å². The molecule has 1 aromatic carbocycles. The van der Waals surface area contributed by atoms with Gasteiger partial charge in [-0.3, -0.25) is 4.79 Å². The van der Waals surface area contributed by atoms with Gasteiger partial charge in [0.05, 0.1) is 16.5 Å². The smallest absolute Gasteiger partial charge is 0.231 e. The summed E-state index contributed by atoms with van der Waals surface area (Å²) in [4.78, 5) is 30.0. The van der Waals surface area contributed by atoms with Gasteiger partial charge < -0.3 is 25.1 Å². The van der Waals surface area contributed by atoms with Crippen LogP contribution in [0.2, 0.25) is 5.28 Å². The molecule has 0 radical (unpaired) electrons. The Morgan fingerprint density at radius 1 is 1.16 bits per heavy atom. The van der Waals surface area contributed by atoms with Gasteiger partial charge in [0.15, 0.2) is 28.1 Å². The average Bonchev–Trinajstić information content (AvgIpc) is 3.49. The zero-order valence-electron chi connectivity index (χ0n) is 16.7. The van der Waals surface area contributed by atoms with Crippen molar-refractivity contribution in [2.75, 3.05) is 17.8 Å². The summed E-state index contributed by atoms with van der Waals surface area (Å²) in [5, 5.41) is 3.67. The number of thiazole rings is 1. The molecule has 0 atom stereocenters. The molecule has 1 saturated carbocycles. The molecule has 3 aromatic heterocycles. The molecular formula is C20H18ClN7O3S. The van der Waals surface area contributed by atoms with Crippen LogP contribution in [0.4, 0.5) is 10.9 Å². The van der Waals surface area contributed by atoms with Gasteiger partial charge >= 0.3 is 0 Å². The van der Waals surface area contributed by atoms with E-state index in [1.165, 1.54) is 11.3 Å². The van der Waals surface area contributed by atoms with Crippen LogP contribution in [0.25, 0.3) is 21.4 Å². The van der Waals surface area contributed by atoms with Gasteiger partial charge in [-0.25, -0.2) is 9.97 Å². The minimum atomic E-state index is -0.0759. The average molecular weight is 472 g/mol. The monoisotopic (exact) mass is 471 g/mol. The number of ether oxygens (including phenoxy) is 2. The number of amides is 1. The molecule has 6 rings (SSSR count). The maximum Gasteiger partial charge on any atom is 0.231 e. The van der Waals surface area contributed by atoms with Crippen LogP contribution in [-0.4, -0.2) is 37.2 Å². The minimum absolute atomic E-state index is 0.00681. The van der Waals surface area contributed by atoms with Crippen LogP contribution in [0, 0.1) is 5.92 Å². The summed E-state index contributed by atoms with van der Waals surface area (Å²) >= 11 is 7.41. The molecule has 0 saturated heterocycles. The van der Waals surface area contributed by atoms with E-state index in [2.05, 4.69) is 25.3 Å². The van der Waals surface area contributed by atoms with Crippen LogP contribution in [0.3, 0.4) is 0 Å². The number of nitrogens with one attached hydrogen (secondary N) is 1. The van der Waals surface area contributed by atoms with E-state index in [4.69, 9.17) is 26.8 Å². The first-order valence-corrected chi connectivity index (χ1v) is 11.4. The summed E-state index contributed by atoms with van der Waals surface area (Å²) < 4.78 is 13.7. The highest BCUT2D eigenvalue weighted by molar-refractivity contribution is 7.22. The standard InChI is InChI=1S/C20H18ClN7O3S/c21-19-25-16(22)15-17(26-19)28(7-23-15)10-3-1-9(2-4-10)18(29)27-20-24-11-5-12-13(31-8-30-12)6-14(11)32-20/h5-7,9-10H,1-4,8H2,(H2,22,25,26)(H,24,27,29). The van der Waals surface area contributed by atoms with Crippen molar-refractivity contribution in [2.45, 2.75) is 31.7 Å². The number of nitrogens with zero attached hydrogens (tertiary/aromatic N) is 5. The largest absolute Gasteiger partial charge is 0.454 e. The Hall–Kier alpha value is -3.18. The van der Waals surface area contributed by atoms with Gasteiger partial charge in [-0.2, -0.15) is 9.97 Å². The number of carbonyl (C=O) groups excluding carboxylic acids is 1. The number of imidazole rings is 1. The Morgan fingerprint density at radius 3 is 2.75 bits per heavy atom. The number of anilines is 2. The Kier molecular flexibility index (Phi) is 4.54. The van der Waals surface area contributed by atoms with Crippen molar-refractivity contribution in [1.82, 2.24) is 24.5 Å². The highest BCUT2D eigenvalue weighted by Gasteiger charge is 2.29. The van der Waals surface area contributed by atoms with Crippen molar-refractivity contribution in [1.29, 1.82) is 0 Å². The molecule has 0 spiro atoms. The molecular weight excluding hydrogens is 454 g/mol. The normalized spacial score (nSPS) is 20.2. The number of nitrogen functional groups attached to an aromatic ring is 1. The molecule has 3 N–H and O–H groups in total. The van der Waals surface area contributed by atoms with Gasteiger partial charge in [-0.05, 0) is 37.3 Å². The molecule has 164 valence electrons. The number of halogens is 1. The first-order valence-electron chi connectivity index (χ1n) is 10.2. The maximum absolute atomic E-state index is 12.9. The van der Waals surface area contributed by atoms with E-state index in [0.717, 1.165) is 35.9 Å². The first-order chi connectivity index (χ1) is 15.5. The lowest BCUT2D eigenvalue weighted by Gasteiger charge is -2.28. The minimum Gasteiger partial charge on any atom is -0.454 e. The van der Waals surface area contributed by atoms with Crippen LogP contribution in [0.5, 0.6) is 11.5 Å². The number of carbonyl (C=O) groups is 1. The van der Waals surface area contributed by atoms with Crippen molar-refractivity contribution < 1.29 is 14.3 Å². The molecule has 2 aliphatic rings. The van der Waals surface area contributed by atoms with Gasteiger partial charge in [-0.1, -0.05) is 11.3 Å². The zero-order chi connectivity index (χ0) is 21.8. The molecule has 1 amide bonds. The summed E-state index contributed by atoms with van der Waals surface area (Å²) in [6, 6.07) is 3.92. The van der Waals surface area contributed by atoms with Crippen LogP contribution >= 0.6 is 22.9 Å². The fourth-order valence-electron chi connectivity index (χ4n) is 4.37. The van der Waals surface area contributed by atoms with Gasteiger partial charge in [0, 0.05) is 24.1 Å². The lowest BCUT2D eigenvalue weighted by Crippen LogP contribution is -2.28. The Balaban J connectivity index is 1.14. The highest BCUT2D eigenvalue weighted by atomic mass is 35.5. The van der Waals surface area contributed by atoms with Gasteiger partial charge in [0.1, 0.15) is 5.52 Å². The molecule has 1 fully saturated rings. The SMILES string of the molecule is Nc1nc(Cl)nc2c1ncn2C1CCC(C(=O)Nc2nc3cc4c(cc3s2)OCO4)CC1. The van der Waals surface area contributed by atoms with Crippen LogP contribution in [0.15, 0.2) is 18.5 Å². The summed E-state index contributed by atoms with van der Waals surface area (Å²) in [6.45, 7) is 0.223. The number of aromatic nitrogens is 5. The number of benzene rings is 1. The third-order valence-corrected chi connectivity index (χ3v) is 7.10. The maximum atomic E-state index is 12.9. The van der Waals surface area contributed by atoms with E-state index < -0.39 is 0 Å². The Morgan fingerprint density at radius 2 is 1.94 bits per heavy atom. The topological polar surface area (TPSA) is 130 Å². The highest BCUT2D eigenvalue weighted by Crippen LogP contribution is 2.40. The first kappa shape index (κ1) is 19.5. The van der Waals surface area contributed by atoms with Crippen LogP contribution < -0.4 is 20.5 Å². The molecule has 10 nitrogen and oxygen atoms in total. The number of fused-ring (bicyclic) bond motifs is 3. The molecule has 32 heavy (non-hydrogen) atoms. The van der Waals surface area contributed by atoms with E-state index in [1.807, 2.05) is 16.7 Å². The predicted molar refractivity (Wildman–Crippen MR) is 120 cm³/mol. The van der Waals surface area contributed by atoms with Crippen LogP contribution in [-0.2, 0) is 4.79 Å². The fraction of sp³-hybridized carbons (Fsp3) is 0.350. The Bertz CT molecular complexity index is 1320. The second kappa shape index (κ2) is 7.45. The summed E-state index contributed by atoms with van der Waals surface area (Å²) in [6.07, 6.45) is 4.89. The molecule has 12 heteroatoms. The van der Waals surface area contributed by atoms with E-state index in [0.29, 0.717) is 27.8 Å². The summed E-state index contributed by atoms with van der Waals surface area (Å²) in [7, 11) is 0. The van der Waals surface area contributed by atoms with E-state index in [9.17, 15) is 4.79 Å². The second-order valence-electron chi connectivity index (χ2n) is 7.89. The van der Waals surface area contributed by atoms with Gasteiger partial charge in [0.2, 0.25) is 18.0 Å². The van der Waals surface area contributed by atoms with Gasteiger partial charge in [0.25, 0.3) is 0 Å². The molecule has 4 aromatic rings. The van der Waals surface area contributed by atoms with E-state index >= 15 is 0 Å².